The van der Waals surface area contributed by atoms with E-state index in [0.717, 1.165) is 11.3 Å². The Balaban J connectivity index is 1.34. The van der Waals surface area contributed by atoms with Crippen molar-refractivity contribution in [3.05, 3.63) is 78.9 Å². The number of aryl methyl sites for hydroxylation is 1. The quantitative estimate of drug-likeness (QED) is 0.486. The van der Waals surface area contributed by atoms with Gasteiger partial charge in [-0.2, -0.15) is 4.98 Å². The van der Waals surface area contributed by atoms with Crippen LogP contribution >= 0.6 is 0 Å². The van der Waals surface area contributed by atoms with Gasteiger partial charge in [0.25, 0.3) is 0 Å². The van der Waals surface area contributed by atoms with Crippen molar-refractivity contribution in [2.45, 2.75) is 6.92 Å². The predicted molar refractivity (Wildman–Crippen MR) is 105 cm³/mol. The number of rotatable bonds is 5. The molecule has 29 heavy (non-hydrogen) atoms. The number of imidazole rings is 1. The van der Waals surface area contributed by atoms with Crippen LogP contribution in [0.5, 0.6) is 34.8 Å². The smallest absolute Gasteiger partial charge is 0.231 e. The fourth-order valence-corrected chi connectivity index (χ4v) is 2.92. The summed E-state index contributed by atoms with van der Waals surface area (Å²) in [5.41, 5.74) is 1.90. The van der Waals surface area contributed by atoms with Gasteiger partial charge in [-0.1, -0.05) is 0 Å². The molecule has 0 fully saturated rings. The Morgan fingerprint density at radius 3 is 2.55 bits per heavy atom. The Kier molecular flexibility index (Phi) is 4.25. The molecule has 2 aromatic heterocycles. The van der Waals surface area contributed by atoms with Crippen LogP contribution in [0.15, 0.2) is 73.3 Å². The highest BCUT2D eigenvalue weighted by Crippen LogP contribution is 2.37. The summed E-state index contributed by atoms with van der Waals surface area (Å²) in [7, 11) is 0. The van der Waals surface area contributed by atoms with Gasteiger partial charge in [-0.3, -0.25) is 0 Å². The van der Waals surface area contributed by atoms with Crippen molar-refractivity contribution in [2.24, 2.45) is 0 Å². The first kappa shape index (κ1) is 17.1. The predicted octanol–water partition coefficient (Wildman–Crippen LogP) is 4.89. The molecule has 0 atom stereocenters. The van der Waals surface area contributed by atoms with E-state index >= 15 is 0 Å². The molecule has 0 spiro atoms. The second kappa shape index (κ2) is 7.20. The maximum Gasteiger partial charge on any atom is 0.231 e. The molecule has 3 heterocycles. The molecule has 2 aromatic carbocycles. The lowest BCUT2D eigenvalue weighted by Crippen LogP contribution is -1.95. The van der Waals surface area contributed by atoms with E-state index in [1.165, 1.54) is 0 Å². The molecule has 0 N–H and O–H groups in total. The zero-order valence-corrected chi connectivity index (χ0v) is 15.6. The third-order valence-corrected chi connectivity index (χ3v) is 4.45. The first-order valence-electron chi connectivity index (χ1n) is 9.06. The summed E-state index contributed by atoms with van der Waals surface area (Å²) in [6, 6.07) is 16.8. The summed E-state index contributed by atoms with van der Waals surface area (Å²) in [6.45, 7) is 2.16. The van der Waals surface area contributed by atoms with Crippen molar-refractivity contribution in [3.63, 3.8) is 0 Å². The van der Waals surface area contributed by atoms with Gasteiger partial charge in [-0.15, -0.1) is 0 Å². The third-order valence-electron chi connectivity index (χ3n) is 4.45. The highest BCUT2D eigenvalue weighted by Gasteiger charge is 2.15. The molecule has 0 radical (unpaired) electrons. The SMILES string of the molecule is Cc1ccc(Oc2ccc3c(c2)OCO3)nc1Oc1ccc(-n2ccnc2)cc1. The molecule has 4 aromatic rings. The van der Waals surface area contributed by atoms with Crippen molar-refractivity contribution in [3.8, 4) is 40.4 Å². The Hall–Kier alpha value is -4.00. The summed E-state index contributed by atoms with van der Waals surface area (Å²) in [5.74, 6) is 3.57. The van der Waals surface area contributed by atoms with Crippen molar-refractivity contribution in [2.75, 3.05) is 6.79 Å². The van der Waals surface area contributed by atoms with E-state index in [2.05, 4.69) is 9.97 Å². The van der Waals surface area contributed by atoms with Gasteiger partial charge in [-0.05, 0) is 49.4 Å². The topological polar surface area (TPSA) is 67.6 Å². The van der Waals surface area contributed by atoms with Gasteiger partial charge in [0.2, 0.25) is 18.6 Å². The molecule has 0 amide bonds. The Morgan fingerprint density at radius 2 is 1.72 bits per heavy atom. The summed E-state index contributed by atoms with van der Waals surface area (Å²) >= 11 is 0. The van der Waals surface area contributed by atoms with Crippen molar-refractivity contribution in [1.82, 2.24) is 14.5 Å². The van der Waals surface area contributed by atoms with E-state index in [1.54, 1.807) is 24.7 Å². The monoisotopic (exact) mass is 387 g/mol. The zero-order valence-electron chi connectivity index (χ0n) is 15.6. The molecule has 0 saturated heterocycles. The van der Waals surface area contributed by atoms with Gasteiger partial charge in [0.1, 0.15) is 11.5 Å². The zero-order chi connectivity index (χ0) is 19.6. The molecule has 7 nitrogen and oxygen atoms in total. The van der Waals surface area contributed by atoms with E-state index in [1.807, 2.05) is 60.2 Å². The third kappa shape index (κ3) is 3.58. The molecule has 5 rings (SSSR count). The van der Waals surface area contributed by atoms with Crippen LogP contribution in [0.4, 0.5) is 0 Å². The molecular weight excluding hydrogens is 370 g/mol. The standard InChI is InChI=1S/C22H17N3O4/c1-15-2-9-21(28-18-7-8-19-20(12-18)27-14-26-19)24-22(15)29-17-5-3-16(4-6-17)25-11-10-23-13-25/h2-13H,14H2,1H3. The molecule has 1 aliphatic heterocycles. The van der Waals surface area contributed by atoms with Crippen molar-refractivity contribution < 1.29 is 18.9 Å². The number of fused-ring (bicyclic) bond motifs is 1. The van der Waals surface area contributed by atoms with Gasteiger partial charge < -0.3 is 23.5 Å². The molecule has 0 aliphatic carbocycles. The highest BCUT2D eigenvalue weighted by molar-refractivity contribution is 5.48. The van der Waals surface area contributed by atoms with Crippen LogP contribution in [0.1, 0.15) is 5.56 Å². The average Bonchev–Trinajstić information content (AvgIpc) is 3.43. The number of pyridine rings is 1. The van der Waals surface area contributed by atoms with Crippen LogP contribution in [-0.4, -0.2) is 21.3 Å². The van der Waals surface area contributed by atoms with E-state index in [0.29, 0.717) is 34.8 Å². The van der Waals surface area contributed by atoms with E-state index in [-0.39, 0.29) is 6.79 Å². The van der Waals surface area contributed by atoms with E-state index in [9.17, 15) is 0 Å². The maximum atomic E-state index is 5.97. The highest BCUT2D eigenvalue weighted by atomic mass is 16.7. The molecule has 0 unspecified atom stereocenters. The number of ether oxygens (including phenoxy) is 4. The number of aromatic nitrogens is 3. The second-order valence-corrected chi connectivity index (χ2v) is 6.45. The number of benzene rings is 2. The lowest BCUT2D eigenvalue weighted by atomic mass is 10.3. The first-order chi connectivity index (χ1) is 14.2. The van der Waals surface area contributed by atoms with Crippen LogP contribution in [0.25, 0.3) is 5.69 Å². The number of hydrogen-bond acceptors (Lipinski definition) is 6. The minimum Gasteiger partial charge on any atom is -0.454 e. The van der Waals surface area contributed by atoms with E-state index in [4.69, 9.17) is 18.9 Å². The van der Waals surface area contributed by atoms with E-state index < -0.39 is 0 Å². The first-order valence-corrected chi connectivity index (χ1v) is 9.06. The second-order valence-electron chi connectivity index (χ2n) is 6.45. The molecule has 1 aliphatic rings. The summed E-state index contributed by atoms with van der Waals surface area (Å²) < 4.78 is 24.5. The fourth-order valence-electron chi connectivity index (χ4n) is 2.92. The van der Waals surface area contributed by atoms with Gasteiger partial charge in [0, 0.05) is 35.8 Å². The molecule has 7 heteroatoms. The fraction of sp³-hybridized carbons (Fsp3) is 0.0909. The van der Waals surface area contributed by atoms with Crippen molar-refractivity contribution in [1.29, 1.82) is 0 Å². The van der Waals surface area contributed by atoms with Crippen LogP contribution in [-0.2, 0) is 0 Å². The minimum absolute atomic E-state index is 0.221. The molecular formula is C22H17N3O4. The van der Waals surface area contributed by atoms with Crippen LogP contribution in [0.2, 0.25) is 0 Å². The van der Waals surface area contributed by atoms with Crippen molar-refractivity contribution >= 4 is 0 Å². The van der Waals surface area contributed by atoms with Crippen LogP contribution < -0.4 is 18.9 Å². The lowest BCUT2D eigenvalue weighted by Gasteiger charge is -2.11. The Morgan fingerprint density at radius 1 is 0.897 bits per heavy atom. The van der Waals surface area contributed by atoms with Gasteiger partial charge in [0.05, 0.1) is 6.33 Å². The lowest BCUT2D eigenvalue weighted by molar-refractivity contribution is 0.174. The minimum atomic E-state index is 0.221. The molecule has 144 valence electrons. The van der Waals surface area contributed by atoms with Gasteiger partial charge in [-0.25, -0.2) is 4.98 Å². The summed E-state index contributed by atoms with van der Waals surface area (Å²) in [5, 5.41) is 0. The number of hydrogen-bond donors (Lipinski definition) is 0. The van der Waals surface area contributed by atoms with Gasteiger partial charge in [0.15, 0.2) is 11.5 Å². The molecule has 0 saturated carbocycles. The summed E-state index contributed by atoms with van der Waals surface area (Å²) in [4.78, 5) is 8.55. The molecule has 0 bridgehead atoms. The summed E-state index contributed by atoms with van der Waals surface area (Å²) in [6.07, 6.45) is 5.38. The van der Waals surface area contributed by atoms with Crippen LogP contribution in [0.3, 0.4) is 0 Å². The van der Waals surface area contributed by atoms with Gasteiger partial charge >= 0.3 is 0 Å². The van der Waals surface area contributed by atoms with Crippen LogP contribution in [0, 0.1) is 6.92 Å². The number of nitrogens with zero attached hydrogens (tertiary/aromatic N) is 3. The normalized spacial score (nSPS) is 12.0. The maximum absolute atomic E-state index is 5.97. The average molecular weight is 387 g/mol. The Labute approximate surface area is 167 Å². The largest absolute Gasteiger partial charge is 0.454 e. The Bertz CT molecular complexity index is 1140.